The molecule has 3 rings (SSSR count). The van der Waals surface area contributed by atoms with Crippen molar-refractivity contribution in [1.29, 1.82) is 0 Å². The van der Waals surface area contributed by atoms with Crippen molar-refractivity contribution >= 4 is 23.6 Å². The molecule has 0 spiro atoms. The Morgan fingerprint density at radius 1 is 1.07 bits per heavy atom. The summed E-state index contributed by atoms with van der Waals surface area (Å²) < 4.78 is 1.48. The third-order valence-corrected chi connectivity index (χ3v) is 4.06. The zero-order chi connectivity index (χ0) is 19.6. The number of ketones is 1. The van der Waals surface area contributed by atoms with Gasteiger partial charge < -0.3 is 15.9 Å². The number of nitrogens with zero attached hydrogens (tertiary/aromatic N) is 2. The van der Waals surface area contributed by atoms with Gasteiger partial charge in [0.1, 0.15) is 17.1 Å². The smallest absolute Gasteiger partial charge is 0.339 e. The van der Waals surface area contributed by atoms with Crippen LogP contribution < -0.4 is 5.73 Å². The number of carbonyl (C=O) groups is 2. The maximum Gasteiger partial charge on any atom is 0.339 e. The van der Waals surface area contributed by atoms with E-state index < -0.39 is 17.3 Å². The summed E-state index contributed by atoms with van der Waals surface area (Å²) in [6.45, 7) is 1.67. The van der Waals surface area contributed by atoms with Crippen LogP contribution in [0.15, 0.2) is 60.2 Å². The maximum atomic E-state index is 12.6. The summed E-state index contributed by atoms with van der Waals surface area (Å²) in [7, 11) is 0. The molecule has 3 aromatic rings. The normalized spacial score (nSPS) is 11.4. The molecule has 0 bridgehead atoms. The summed E-state index contributed by atoms with van der Waals surface area (Å²) in [5.41, 5.74) is 7.06. The molecule has 1 heterocycles. The summed E-state index contributed by atoms with van der Waals surface area (Å²) in [6.07, 6.45) is 1.19. The van der Waals surface area contributed by atoms with Gasteiger partial charge in [-0.25, -0.2) is 9.48 Å². The number of hydrogen-bond acceptors (Lipinski definition) is 5. The summed E-state index contributed by atoms with van der Waals surface area (Å²) >= 11 is 0. The van der Waals surface area contributed by atoms with Gasteiger partial charge in [-0.05, 0) is 37.3 Å². The number of phenolic OH excluding ortho intramolecular Hbond substituents is 1. The highest BCUT2D eigenvalue weighted by Gasteiger charge is 2.23. The molecule has 7 heteroatoms. The highest BCUT2D eigenvalue weighted by atomic mass is 16.4. The summed E-state index contributed by atoms with van der Waals surface area (Å²) in [4.78, 5) is 24.3. The minimum atomic E-state index is -1.42. The first kappa shape index (κ1) is 17.9. The lowest BCUT2D eigenvalue weighted by molar-refractivity contribution is -0.132. The van der Waals surface area contributed by atoms with Crippen LogP contribution >= 0.6 is 0 Å². The summed E-state index contributed by atoms with van der Waals surface area (Å²) in [5.74, 6) is -2.32. The Bertz CT molecular complexity index is 1050. The minimum Gasteiger partial charge on any atom is -0.507 e. The first-order chi connectivity index (χ1) is 12.9. The topological polar surface area (TPSA) is 118 Å². The van der Waals surface area contributed by atoms with Gasteiger partial charge in [0.25, 0.3) is 0 Å². The number of rotatable bonds is 5. The molecule has 0 fully saturated rings. The zero-order valence-electron chi connectivity index (χ0n) is 14.5. The van der Waals surface area contributed by atoms with Crippen LogP contribution in [0.4, 0.5) is 5.82 Å². The molecule has 0 saturated heterocycles. The van der Waals surface area contributed by atoms with Gasteiger partial charge in [-0.1, -0.05) is 30.3 Å². The molecule has 0 unspecified atom stereocenters. The number of nitrogens with two attached hydrogens (primary N) is 1. The Kier molecular flexibility index (Phi) is 4.76. The van der Waals surface area contributed by atoms with E-state index in [2.05, 4.69) is 5.10 Å². The SMILES string of the molecule is Cc1nn(-c2ccccc2)c(N)c1/C=C(/C(=O)O)C(=O)c1ccccc1O. The van der Waals surface area contributed by atoms with Crippen LogP contribution in [0, 0.1) is 6.92 Å². The monoisotopic (exact) mass is 363 g/mol. The van der Waals surface area contributed by atoms with E-state index in [0.29, 0.717) is 16.9 Å². The van der Waals surface area contributed by atoms with E-state index in [1.807, 2.05) is 30.3 Å². The molecule has 1 aromatic heterocycles. The van der Waals surface area contributed by atoms with Crippen molar-refractivity contribution in [3.63, 3.8) is 0 Å². The number of carboxylic acids is 1. The predicted octanol–water partition coefficient (Wildman–Crippen LogP) is 2.82. The fourth-order valence-electron chi connectivity index (χ4n) is 2.68. The Morgan fingerprint density at radius 3 is 2.33 bits per heavy atom. The molecule has 27 heavy (non-hydrogen) atoms. The number of aliphatic carboxylic acids is 1. The second kappa shape index (κ2) is 7.17. The van der Waals surface area contributed by atoms with Gasteiger partial charge in [0.2, 0.25) is 5.78 Å². The van der Waals surface area contributed by atoms with Crippen LogP contribution in [0.5, 0.6) is 5.75 Å². The van der Waals surface area contributed by atoms with Crippen LogP contribution in [-0.4, -0.2) is 31.7 Å². The maximum absolute atomic E-state index is 12.6. The van der Waals surface area contributed by atoms with Gasteiger partial charge >= 0.3 is 5.97 Å². The van der Waals surface area contributed by atoms with Crippen molar-refractivity contribution in [2.45, 2.75) is 6.92 Å². The van der Waals surface area contributed by atoms with Gasteiger partial charge in [0.15, 0.2) is 0 Å². The number of nitrogen functional groups attached to an aromatic ring is 1. The highest BCUT2D eigenvalue weighted by Crippen LogP contribution is 2.26. The number of aromatic hydroxyl groups is 1. The Hall–Kier alpha value is -3.87. The molecular weight excluding hydrogens is 346 g/mol. The quantitative estimate of drug-likeness (QED) is 0.278. The number of para-hydroxylation sites is 2. The fourth-order valence-corrected chi connectivity index (χ4v) is 2.68. The Labute approximate surface area is 155 Å². The zero-order valence-corrected chi connectivity index (χ0v) is 14.5. The lowest BCUT2D eigenvalue weighted by Crippen LogP contribution is -2.13. The lowest BCUT2D eigenvalue weighted by Gasteiger charge is -2.06. The van der Waals surface area contributed by atoms with E-state index in [1.54, 1.807) is 19.1 Å². The van der Waals surface area contributed by atoms with Crippen molar-refractivity contribution in [2.24, 2.45) is 0 Å². The van der Waals surface area contributed by atoms with Gasteiger partial charge in [-0.15, -0.1) is 0 Å². The molecule has 0 aliphatic carbocycles. The first-order valence-corrected chi connectivity index (χ1v) is 8.08. The van der Waals surface area contributed by atoms with Gasteiger partial charge in [0.05, 0.1) is 16.9 Å². The van der Waals surface area contributed by atoms with Crippen molar-refractivity contribution in [3.05, 3.63) is 77.0 Å². The standard InChI is InChI=1S/C20H17N3O4/c1-12-15(19(21)23(22-12)13-7-3-2-4-8-13)11-16(20(26)27)18(25)14-9-5-6-10-17(14)24/h2-11,24H,21H2,1H3,(H,26,27)/b16-11+. The van der Waals surface area contributed by atoms with Crippen molar-refractivity contribution < 1.29 is 19.8 Å². The molecule has 136 valence electrons. The minimum absolute atomic E-state index is 0.0992. The number of carboxylic acid groups (broad SMARTS) is 1. The number of carbonyl (C=O) groups excluding carboxylic acids is 1. The Morgan fingerprint density at radius 2 is 1.70 bits per heavy atom. The number of hydrogen-bond donors (Lipinski definition) is 3. The van der Waals surface area contributed by atoms with Gasteiger partial charge in [-0.2, -0.15) is 5.10 Å². The third-order valence-electron chi connectivity index (χ3n) is 4.06. The number of aromatic nitrogens is 2. The van der Waals surface area contributed by atoms with E-state index >= 15 is 0 Å². The van der Waals surface area contributed by atoms with Crippen molar-refractivity contribution in [1.82, 2.24) is 9.78 Å². The molecule has 0 aliphatic rings. The average Bonchev–Trinajstić information content (AvgIpc) is 2.94. The molecular formula is C20H17N3O4. The number of Topliss-reactive ketones (excluding diaryl/α,β-unsaturated/α-hetero) is 1. The highest BCUT2D eigenvalue weighted by molar-refractivity contribution is 6.27. The third kappa shape index (κ3) is 3.43. The van der Waals surface area contributed by atoms with Crippen molar-refractivity contribution in [2.75, 3.05) is 5.73 Å². The van der Waals surface area contributed by atoms with E-state index in [4.69, 9.17) is 5.73 Å². The average molecular weight is 363 g/mol. The largest absolute Gasteiger partial charge is 0.507 e. The molecule has 7 nitrogen and oxygen atoms in total. The Balaban J connectivity index is 2.10. The van der Waals surface area contributed by atoms with Crippen molar-refractivity contribution in [3.8, 4) is 11.4 Å². The van der Waals surface area contributed by atoms with Crippen LogP contribution in [0.1, 0.15) is 21.6 Å². The summed E-state index contributed by atoms with van der Waals surface area (Å²) in [6, 6.07) is 14.9. The second-order valence-corrected chi connectivity index (χ2v) is 5.84. The molecule has 4 N–H and O–H groups in total. The molecule has 0 saturated carbocycles. The van der Waals surface area contributed by atoms with E-state index in [9.17, 15) is 19.8 Å². The molecule has 0 aliphatic heterocycles. The fraction of sp³-hybridized carbons (Fsp3) is 0.0500. The number of aryl methyl sites for hydroxylation is 1. The number of benzene rings is 2. The molecule has 0 radical (unpaired) electrons. The lowest BCUT2D eigenvalue weighted by atomic mass is 10.00. The molecule has 2 aromatic carbocycles. The number of anilines is 1. The summed E-state index contributed by atoms with van der Waals surface area (Å²) in [5, 5.41) is 23.7. The number of phenols is 1. The van der Waals surface area contributed by atoms with Crippen LogP contribution in [0.3, 0.4) is 0 Å². The van der Waals surface area contributed by atoms with Crippen LogP contribution in [0.2, 0.25) is 0 Å². The first-order valence-electron chi connectivity index (χ1n) is 8.08. The van der Waals surface area contributed by atoms with E-state index in [0.717, 1.165) is 0 Å². The molecule has 0 amide bonds. The predicted molar refractivity (Wildman–Crippen MR) is 101 cm³/mol. The van der Waals surface area contributed by atoms with Crippen LogP contribution in [0.25, 0.3) is 11.8 Å². The van der Waals surface area contributed by atoms with Gasteiger partial charge in [-0.3, -0.25) is 4.79 Å². The second-order valence-electron chi connectivity index (χ2n) is 5.84. The molecule has 0 atom stereocenters. The van der Waals surface area contributed by atoms with E-state index in [-0.39, 0.29) is 17.1 Å². The van der Waals surface area contributed by atoms with E-state index in [1.165, 1.54) is 22.9 Å². The van der Waals surface area contributed by atoms with Crippen LogP contribution in [-0.2, 0) is 4.79 Å². The van der Waals surface area contributed by atoms with Gasteiger partial charge in [0, 0.05) is 5.56 Å².